The molecule has 1 rings (SSSR count). The third-order valence-corrected chi connectivity index (χ3v) is 1.68. The molecular weight excluding hydrogens is 192 g/mol. The van der Waals surface area contributed by atoms with Crippen LogP contribution in [0, 0.1) is 0 Å². The van der Waals surface area contributed by atoms with E-state index in [0.29, 0.717) is 11.8 Å². The van der Waals surface area contributed by atoms with Crippen molar-refractivity contribution in [1.29, 1.82) is 0 Å². The van der Waals surface area contributed by atoms with Crippen LogP contribution in [0.25, 0.3) is 6.08 Å². The standard InChI is InChI=1S/C9H7BF3O/c11-10(12,13)9-5-3-8(4-6-9)2-1-7-14/h1-7H/q-1/b2-1+. The fraction of sp³-hybridized carbons (Fsp3) is 0. The topological polar surface area (TPSA) is 17.1 Å². The molecule has 0 spiro atoms. The number of benzene rings is 1. The molecule has 0 heterocycles. The van der Waals surface area contributed by atoms with Gasteiger partial charge in [0, 0.05) is 0 Å². The molecule has 0 atom stereocenters. The summed E-state index contributed by atoms with van der Waals surface area (Å²) in [5.41, 5.74) is -0.0610. The van der Waals surface area contributed by atoms with Crippen LogP contribution in [0.4, 0.5) is 12.9 Å². The highest BCUT2D eigenvalue weighted by atomic mass is 19.4. The molecule has 14 heavy (non-hydrogen) atoms. The van der Waals surface area contributed by atoms with Crippen LogP contribution in [0.5, 0.6) is 0 Å². The zero-order valence-electron chi connectivity index (χ0n) is 7.16. The Morgan fingerprint density at radius 2 is 1.64 bits per heavy atom. The molecule has 0 N–H and O–H groups in total. The van der Waals surface area contributed by atoms with Gasteiger partial charge in [0.1, 0.15) is 6.29 Å². The first-order valence-corrected chi connectivity index (χ1v) is 3.96. The Hall–Kier alpha value is -1.52. The first kappa shape index (κ1) is 10.6. The highest BCUT2D eigenvalue weighted by molar-refractivity contribution is 6.73. The molecule has 5 heteroatoms. The maximum atomic E-state index is 12.2. The number of rotatable bonds is 3. The Morgan fingerprint density at radius 3 is 2.07 bits per heavy atom. The molecule has 0 aliphatic rings. The van der Waals surface area contributed by atoms with Crippen molar-refractivity contribution < 1.29 is 17.7 Å². The van der Waals surface area contributed by atoms with Gasteiger partial charge in [0.2, 0.25) is 0 Å². The molecule has 1 aromatic carbocycles. The Labute approximate surface area is 79.3 Å². The van der Waals surface area contributed by atoms with Crippen LogP contribution in [0.15, 0.2) is 30.3 Å². The second-order valence-corrected chi connectivity index (χ2v) is 2.74. The molecule has 74 valence electrons. The summed E-state index contributed by atoms with van der Waals surface area (Å²) in [5, 5.41) is 0. The van der Waals surface area contributed by atoms with E-state index in [4.69, 9.17) is 0 Å². The summed E-state index contributed by atoms with van der Waals surface area (Å²) in [6.07, 6.45) is 3.25. The number of hydrogen-bond acceptors (Lipinski definition) is 1. The molecule has 0 aliphatic carbocycles. The lowest BCUT2D eigenvalue weighted by Crippen LogP contribution is -2.33. The normalized spacial score (nSPS) is 11.9. The third kappa shape index (κ3) is 2.76. The average Bonchev–Trinajstić information content (AvgIpc) is 2.14. The van der Waals surface area contributed by atoms with Crippen molar-refractivity contribution in [2.24, 2.45) is 0 Å². The molecule has 0 bridgehead atoms. The van der Waals surface area contributed by atoms with E-state index in [2.05, 4.69) is 0 Å². The first-order valence-electron chi connectivity index (χ1n) is 3.96. The van der Waals surface area contributed by atoms with E-state index in [1.54, 1.807) is 0 Å². The minimum absolute atomic E-state index is 0.570. The molecule has 0 amide bonds. The fourth-order valence-corrected chi connectivity index (χ4v) is 0.976. The van der Waals surface area contributed by atoms with Gasteiger partial charge >= 0.3 is 6.98 Å². The number of carbonyl (C=O) groups excluding carboxylic acids is 1. The van der Waals surface area contributed by atoms with E-state index in [-0.39, 0.29) is 0 Å². The second kappa shape index (κ2) is 4.13. The average molecular weight is 199 g/mol. The molecule has 1 aromatic rings. The third-order valence-electron chi connectivity index (χ3n) is 1.68. The van der Waals surface area contributed by atoms with Crippen molar-refractivity contribution >= 4 is 24.8 Å². The van der Waals surface area contributed by atoms with Gasteiger partial charge in [-0.3, -0.25) is 4.79 Å². The SMILES string of the molecule is O=C/C=C/c1ccc([B-](F)(F)F)cc1. The maximum absolute atomic E-state index is 12.2. The quantitative estimate of drug-likeness (QED) is 0.413. The Balaban J connectivity index is 2.89. The van der Waals surface area contributed by atoms with Gasteiger partial charge in [-0.25, -0.2) is 0 Å². The highest BCUT2D eigenvalue weighted by Gasteiger charge is 2.24. The van der Waals surface area contributed by atoms with Crippen molar-refractivity contribution in [3.8, 4) is 0 Å². The summed E-state index contributed by atoms with van der Waals surface area (Å²) in [4.78, 5) is 9.94. The van der Waals surface area contributed by atoms with Crippen LogP contribution in [0.2, 0.25) is 0 Å². The van der Waals surface area contributed by atoms with Crippen molar-refractivity contribution in [1.82, 2.24) is 0 Å². The van der Waals surface area contributed by atoms with E-state index in [9.17, 15) is 17.7 Å². The number of hydrogen-bond donors (Lipinski definition) is 0. The van der Waals surface area contributed by atoms with E-state index in [1.165, 1.54) is 24.3 Å². The van der Waals surface area contributed by atoms with Crippen molar-refractivity contribution in [3.05, 3.63) is 35.9 Å². The monoisotopic (exact) mass is 199 g/mol. The van der Waals surface area contributed by atoms with Gasteiger partial charge in [0.15, 0.2) is 0 Å². The lowest BCUT2D eigenvalue weighted by Gasteiger charge is -2.14. The molecule has 0 fully saturated rings. The maximum Gasteiger partial charge on any atom is 0.509 e. The lowest BCUT2D eigenvalue weighted by atomic mass is 9.80. The Bertz CT molecular complexity index is 340. The number of allylic oxidation sites excluding steroid dienone is 1. The van der Waals surface area contributed by atoms with E-state index < -0.39 is 12.4 Å². The van der Waals surface area contributed by atoms with Gasteiger partial charge in [-0.05, 0) is 11.6 Å². The van der Waals surface area contributed by atoms with Gasteiger partial charge in [0.25, 0.3) is 0 Å². The number of carbonyl (C=O) groups is 1. The number of aldehydes is 1. The zero-order chi connectivity index (χ0) is 10.6. The molecule has 0 radical (unpaired) electrons. The molecular formula is C9H7BF3O-. The molecule has 0 saturated heterocycles. The zero-order valence-corrected chi connectivity index (χ0v) is 7.16. The molecule has 1 nitrogen and oxygen atoms in total. The Kier molecular flexibility index (Phi) is 3.12. The van der Waals surface area contributed by atoms with Crippen LogP contribution in [-0.2, 0) is 4.79 Å². The molecule has 0 unspecified atom stereocenters. The van der Waals surface area contributed by atoms with Crippen LogP contribution in [0.1, 0.15) is 5.56 Å². The fourth-order valence-electron chi connectivity index (χ4n) is 0.976. The van der Waals surface area contributed by atoms with Gasteiger partial charge in [-0.15, -0.1) is 5.46 Å². The van der Waals surface area contributed by atoms with Crippen LogP contribution >= 0.6 is 0 Å². The van der Waals surface area contributed by atoms with Crippen molar-refractivity contribution in [3.63, 3.8) is 0 Å². The summed E-state index contributed by atoms with van der Waals surface area (Å²) >= 11 is 0. The van der Waals surface area contributed by atoms with Crippen LogP contribution in [-0.4, -0.2) is 13.3 Å². The van der Waals surface area contributed by atoms with Crippen LogP contribution < -0.4 is 5.46 Å². The lowest BCUT2D eigenvalue weighted by molar-refractivity contribution is -0.104. The first-order chi connectivity index (χ1) is 6.54. The van der Waals surface area contributed by atoms with Gasteiger partial charge < -0.3 is 12.9 Å². The summed E-state index contributed by atoms with van der Waals surface area (Å²) in [7, 11) is 0. The van der Waals surface area contributed by atoms with E-state index >= 15 is 0 Å². The van der Waals surface area contributed by atoms with E-state index in [0.717, 1.165) is 12.1 Å². The summed E-state index contributed by atoms with van der Waals surface area (Å²) < 4.78 is 36.5. The highest BCUT2D eigenvalue weighted by Crippen LogP contribution is 2.09. The molecule has 0 aliphatic heterocycles. The predicted octanol–water partition coefficient (Wildman–Crippen LogP) is 1.95. The molecule has 0 saturated carbocycles. The Morgan fingerprint density at radius 1 is 1.07 bits per heavy atom. The summed E-state index contributed by atoms with van der Waals surface area (Å²) in [5.74, 6) is 0. The van der Waals surface area contributed by atoms with Gasteiger partial charge in [-0.2, -0.15) is 0 Å². The van der Waals surface area contributed by atoms with Crippen molar-refractivity contribution in [2.75, 3.05) is 0 Å². The van der Waals surface area contributed by atoms with Crippen LogP contribution in [0.3, 0.4) is 0 Å². The predicted molar refractivity (Wildman–Crippen MR) is 50.3 cm³/mol. The molecule has 0 aromatic heterocycles. The number of halogens is 3. The smallest absolute Gasteiger partial charge is 0.445 e. The minimum Gasteiger partial charge on any atom is -0.445 e. The summed E-state index contributed by atoms with van der Waals surface area (Å²) in [6, 6.07) is 4.66. The second-order valence-electron chi connectivity index (χ2n) is 2.74. The largest absolute Gasteiger partial charge is 0.509 e. The summed E-state index contributed by atoms with van der Waals surface area (Å²) in [6.45, 7) is -4.93. The minimum atomic E-state index is -4.93. The van der Waals surface area contributed by atoms with Crippen molar-refractivity contribution in [2.45, 2.75) is 0 Å². The van der Waals surface area contributed by atoms with E-state index in [1.807, 2.05) is 0 Å². The van der Waals surface area contributed by atoms with Gasteiger partial charge in [0.05, 0.1) is 0 Å². The van der Waals surface area contributed by atoms with Gasteiger partial charge in [-0.1, -0.05) is 30.3 Å².